The minimum Gasteiger partial charge on any atom is -0.325 e. The Hall–Kier alpha value is -3.60. The number of rotatable bonds is 4. The molecule has 8 heteroatoms. The molecule has 0 aromatic heterocycles. The lowest BCUT2D eigenvalue weighted by Gasteiger charge is -2.47. The van der Waals surface area contributed by atoms with Crippen LogP contribution in [0.1, 0.15) is 30.0 Å². The average molecular weight is 427 g/mol. The molecule has 31 heavy (non-hydrogen) atoms. The van der Waals surface area contributed by atoms with Crippen molar-refractivity contribution in [3.05, 3.63) is 76.2 Å². The highest BCUT2D eigenvalue weighted by Gasteiger charge is 2.50. The monoisotopic (exact) mass is 427 g/mol. The van der Waals surface area contributed by atoms with Gasteiger partial charge in [-0.15, -0.1) is 0 Å². The van der Waals surface area contributed by atoms with Crippen molar-refractivity contribution in [3.63, 3.8) is 0 Å². The standard InChI is InChI=1S/C23H20F3N3O2/c1-4-23(12-14-5-8-16(24)9-6-14)22(31)28(2)19(21(30)29(23)3)11-17-15(13-27)7-10-18(25)20(17)26/h5-11H,4,12H2,1-3H3. The first-order valence-corrected chi connectivity index (χ1v) is 9.56. The van der Waals surface area contributed by atoms with Gasteiger partial charge in [-0.25, -0.2) is 13.2 Å². The molecule has 160 valence electrons. The second-order valence-electron chi connectivity index (χ2n) is 7.38. The SMILES string of the molecule is CCC1(Cc2ccc(F)cc2)C(=O)N(C)C(=Cc2c(C#N)ccc(F)c2F)C(=O)N1C. The number of nitriles is 1. The molecule has 2 aromatic rings. The van der Waals surface area contributed by atoms with Crippen LogP contribution in [0.2, 0.25) is 0 Å². The van der Waals surface area contributed by atoms with E-state index in [1.165, 1.54) is 31.1 Å². The lowest BCUT2D eigenvalue weighted by atomic mass is 9.82. The Morgan fingerprint density at radius 2 is 1.71 bits per heavy atom. The maximum Gasteiger partial charge on any atom is 0.271 e. The van der Waals surface area contributed by atoms with Gasteiger partial charge in [0.25, 0.3) is 11.8 Å². The Labute approximate surface area is 178 Å². The molecule has 1 heterocycles. The molecular formula is C23H20F3N3O2. The van der Waals surface area contributed by atoms with Crippen LogP contribution < -0.4 is 0 Å². The molecule has 0 spiro atoms. The fourth-order valence-electron chi connectivity index (χ4n) is 3.82. The second kappa shape index (κ2) is 8.26. The number of carbonyl (C=O) groups excluding carboxylic acids is 2. The molecule has 1 atom stereocenters. The van der Waals surface area contributed by atoms with Crippen LogP contribution in [-0.4, -0.2) is 41.2 Å². The molecule has 1 saturated heterocycles. The molecule has 0 saturated carbocycles. The molecule has 0 aliphatic carbocycles. The summed E-state index contributed by atoms with van der Waals surface area (Å²) in [7, 11) is 2.83. The van der Waals surface area contributed by atoms with Crippen LogP contribution in [0.15, 0.2) is 42.1 Å². The molecule has 0 bridgehead atoms. The van der Waals surface area contributed by atoms with E-state index in [4.69, 9.17) is 0 Å². The molecule has 3 rings (SSSR count). The normalized spacial score (nSPS) is 20.4. The van der Waals surface area contributed by atoms with Gasteiger partial charge in [0.05, 0.1) is 11.6 Å². The summed E-state index contributed by atoms with van der Waals surface area (Å²) in [6, 6.07) is 9.34. The van der Waals surface area contributed by atoms with Crippen molar-refractivity contribution in [2.45, 2.75) is 25.3 Å². The van der Waals surface area contributed by atoms with Crippen LogP contribution in [0.4, 0.5) is 13.2 Å². The van der Waals surface area contributed by atoms with Gasteiger partial charge >= 0.3 is 0 Å². The minimum absolute atomic E-state index is 0.153. The fourth-order valence-corrected chi connectivity index (χ4v) is 3.82. The van der Waals surface area contributed by atoms with Gasteiger partial charge in [0.15, 0.2) is 11.6 Å². The molecule has 2 amide bonds. The van der Waals surface area contributed by atoms with E-state index in [1.54, 1.807) is 25.1 Å². The predicted molar refractivity (Wildman–Crippen MR) is 108 cm³/mol. The van der Waals surface area contributed by atoms with Gasteiger partial charge in [0.2, 0.25) is 0 Å². The Kier molecular flexibility index (Phi) is 5.89. The van der Waals surface area contributed by atoms with E-state index in [-0.39, 0.29) is 24.1 Å². The number of piperazine rings is 1. The van der Waals surface area contributed by atoms with Gasteiger partial charge in [0, 0.05) is 26.1 Å². The van der Waals surface area contributed by atoms with Crippen molar-refractivity contribution in [1.82, 2.24) is 9.80 Å². The number of benzene rings is 2. The van der Waals surface area contributed by atoms with E-state index >= 15 is 0 Å². The Balaban J connectivity index is 2.08. The molecule has 5 nitrogen and oxygen atoms in total. The zero-order valence-corrected chi connectivity index (χ0v) is 17.2. The highest BCUT2D eigenvalue weighted by atomic mass is 19.2. The van der Waals surface area contributed by atoms with Gasteiger partial charge < -0.3 is 9.80 Å². The Morgan fingerprint density at radius 1 is 1.06 bits per heavy atom. The molecule has 0 radical (unpaired) electrons. The summed E-state index contributed by atoms with van der Waals surface area (Å²) in [5, 5.41) is 9.23. The smallest absolute Gasteiger partial charge is 0.271 e. The first-order chi connectivity index (χ1) is 14.7. The summed E-state index contributed by atoms with van der Waals surface area (Å²) in [4.78, 5) is 29.0. The molecule has 1 aliphatic heterocycles. The van der Waals surface area contributed by atoms with Gasteiger partial charge in [-0.2, -0.15) is 5.26 Å². The minimum atomic E-state index is -1.28. The number of amides is 2. The van der Waals surface area contributed by atoms with E-state index < -0.39 is 40.4 Å². The fraction of sp³-hybridized carbons (Fsp3) is 0.261. The molecule has 1 aliphatic rings. The average Bonchev–Trinajstić information content (AvgIpc) is 2.77. The van der Waals surface area contributed by atoms with Crippen LogP contribution in [-0.2, 0) is 16.0 Å². The number of nitrogens with zero attached hydrogens (tertiary/aromatic N) is 3. The predicted octanol–water partition coefficient (Wildman–Crippen LogP) is 3.64. The lowest BCUT2D eigenvalue weighted by Crippen LogP contribution is -2.65. The molecule has 2 aromatic carbocycles. The summed E-state index contributed by atoms with van der Waals surface area (Å²) in [5.74, 6) is -3.87. The Morgan fingerprint density at radius 3 is 2.29 bits per heavy atom. The zero-order valence-electron chi connectivity index (χ0n) is 17.2. The molecule has 1 fully saturated rings. The van der Waals surface area contributed by atoms with Crippen molar-refractivity contribution in [3.8, 4) is 6.07 Å². The lowest BCUT2D eigenvalue weighted by molar-refractivity contribution is -0.157. The van der Waals surface area contributed by atoms with Crippen molar-refractivity contribution in [2.24, 2.45) is 0 Å². The quantitative estimate of drug-likeness (QED) is 0.700. The van der Waals surface area contributed by atoms with Gasteiger partial charge in [0.1, 0.15) is 17.1 Å². The number of hydrogen-bond acceptors (Lipinski definition) is 3. The summed E-state index contributed by atoms with van der Waals surface area (Å²) in [6.45, 7) is 1.76. The van der Waals surface area contributed by atoms with Crippen molar-refractivity contribution >= 4 is 17.9 Å². The molecule has 1 unspecified atom stereocenters. The van der Waals surface area contributed by atoms with Gasteiger partial charge in [-0.3, -0.25) is 9.59 Å². The third kappa shape index (κ3) is 3.67. The topological polar surface area (TPSA) is 64.4 Å². The summed E-state index contributed by atoms with van der Waals surface area (Å²) < 4.78 is 41.4. The van der Waals surface area contributed by atoms with Crippen molar-refractivity contribution < 1.29 is 22.8 Å². The van der Waals surface area contributed by atoms with Crippen LogP contribution in [0, 0.1) is 28.8 Å². The van der Waals surface area contributed by atoms with Crippen LogP contribution >= 0.6 is 0 Å². The maximum atomic E-state index is 14.4. The van der Waals surface area contributed by atoms with Crippen LogP contribution in [0.3, 0.4) is 0 Å². The number of likely N-dealkylation sites (N-methyl/N-ethyl adjacent to an activating group) is 2. The maximum absolute atomic E-state index is 14.4. The van der Waals surface area contributed by atoms with E-state index in [2.05, 4.69) is 0 Å². The summed E-state index contributed by atoms with van der Waals surface area (Å²) in [6.07, 6.45) is 1.45. The first-order valence-electron chi connectivity index (χ1n) is 9.56. The third-order valence-electron chi connectivity index (χ3n) is 5.76. The van der Waals surface area contributed by atoms with Gasteiger partial charge in [-0.1, -0.05) is 19.1 Å². The third-order valence-corrected chi connectivity index (χ3v) is 5.76. The first kappa shape index (κ1) is 22.1. The Bertz CT molecular complexity index is 1120. The summed E-state index contributed by atoms with van der Waals surface area (Å²) in [5.41, 5.74) is -1.32. The van der Waals surface area contributed by atoms with Crippen molar-refractivity contribution in [2.75, 3.05) is 14.1 Å². The highest BCUT2D eigenvalue weighted by molar-refractivity contribution is 6.09. The molecular weight excluding hydrogens is 407 g/mol. The zero-order chi connectivity index (χ0) is 22.9. The van der Waals surface area contributed by atoms with E-state index in [9.17, 15) is 28.0 Å². The molecule has 0 N–H and O–H groups in total. The van der Waals surface area contributed by atoms with E-state index in [0.29, 0.717) is 5.56 Å². The van der Waals surface area contributed by atoms with E-state index in [1.807, 2.05) is 0 Å². The summed E-state index contributed by atoms with van der Waals surface area (Å²) >= 11 is 0. The van der Waals surface area contributed by atoms with Gasteiger partial charge in [-0.05, 0) is 42.3 Å². The van der Waals surface area contributed by atoms with Crippen molar-refractivity contribution in [1.29, 1.82) is 5.26 Å². The number of hydrogen-bond donors (Lipinski definition) is 0. The number of halogens is 3. The largest absolute Gasteiger partial charge is 0.325 e. The van der Waals surface area contributed by atoms with Crippen LogP contribution in [0.25, 0.3) is 6.08 Å². The highest BCUT2D eigenvalue weighted by Crippen LogP contribution is 2.34. The van der Waals surface area contributed by atoms with E-state index in [0.717, 1.165) is 23.1 Å². The van der Waals surface area contributed by atoms with Crippen LogP contribution in [0.5, 0.6) is 0 Å². The second-order valence-corrected chi connectivity index (χ2v) is 7.38. The number of carbonyl (C=O) groups is 2.